The number of aromatic amines is 1. The number of H-pyrrole nitrogens is 1. The van der Waals surface area contributed by atoms with Crippen molar-refractivity contribution >= 4 is 11.6 Å². The molecule has 19 heavy (non-hydrogen) atoms. The molecule has 100 valence electrons. The van der Waals surface area contributed by atoms with Gasteiger partial charge in [0.15, 0.2) is 0 Å². The summed E-state index contributed by atoms with van der Waals surface area (Å²) in [7, 11) is 0. The smallest absolute Gasteiger partial charge is 0.251 e. The molecule has 0 saturated heterocycles. The molecule has 1 heterocycles. The van der Waals surface area contributed by atoms with Gasteiger partial charge in [-0.3, -0.25) is 4.79 Å². The van der Waals surface area contributed by atoms with Crippen LogP contribution in [0.3, 0.4) is 0 Å². The number of carbonyl (C=O) groups is 1. The monoisotopic (exact) mass is 258 g/mol. The first-order valence-corrected chi connectivity index (χ1v) is 6.27. The quantitative estimate of drug-likeness (QED) is 0.735. The molecule has 5 heteroatoms. The van der Waals surface area contributed by atoms with Crippen LogP contribution in [-0.2, 0) is 0 Å². The molecule has 0 aliphatic carbocycles. The molecule has 4 N–H and O–H groups in total. The van der Waals surface area contributed by atoms with Crippen LogP contribution in [0.5, 0.6) is 0 Å². The number of hydrogen-bond acceptors (Lipinski definition) is 3. The highest BCUT2D eigenvalue weighted by atomic mass is 16.1. The zero-order valence-electron chi connectivity index (χ0n) is 11.1. The minimum atomic E-state index is -0.140. The SMILES string of the molecule is CCC(NC(=O)c1cc(C)cc(N)c1)c1ncc[nH]1. The van der Waals surface area contributed by atoms with Gasteiger partial charge in [0.25, 0.3) is 5.91 Å². The molecule has 1 atom stereocenters. The Hall–Kier alpha value is -2.30. The van der Waals surface area contributed by atoms with E-state index in [1.165, 1.54) is 0 Å². The van der Waals surface area contributed by atoms with Crippen LogP contribution in [0.4, 0.5) is 5.69 Å². The summed E-state index contributed by atoms with van der Waals surface area (Å²) in [6.07, 6.45) is 4.18. The van der Waals surface area contributed by atoms with Gasteiger partial charge in [-0.15, -0.1) is 0 Å². The maximum absolute atomic E-state index is 12.2. The Labute approximate surface area is 112 Å². The van der Waals surface area contributed by atoms with E-state index in [2.05, 4.69) is 15.3 Å². The number of nitrogens with one attached hydrogen (secondary N) is 2. The highest BCUT2D eigenvalue weighted by Gasteiger charge is 2.16. The van der Waals surface area contributed by atoms with Crippen LogP contribution in [0.25, 0.3) is 0 Å². The average Bonchev–Trinajstić information content (AvgIpc) is 2.88. The van der Waals surface area contributed by atoms with Crippen LogP contribution in [0, 0.1) is 6.92 Å². The Morgan fingerprint density at radius 1 is 1.47 bits per heavy atom. The maximum atomic E-state index is 12.2. The van der Waals surface area contributed by atoms with E-state index >= 15 is 0 Å². The second-order valence-corrected chi connectivity index (χ2v) is 4.54. The van der Waals surface area contributed by atoms with E-state index in [1.807, 2.05) is 26.0 Å². The van der Waals surface area contributed by atoms with Crippen LogP contribution in [0.2, 0.25) is 0 Å². The van der Waals surface area contributed by atoms with E-state index in [1.54, 1.807) is 18.5 Å². The van der Waals surface area contributed by atoms with Crippen molar-refractivity contribution in [2.75, 3.05) is 5.73 Å². The van der Waals surface area contributed by atoms with Crippen LogP contribution < -0.4 is 11.1 Å². The zero-order valence-corrected chi connectivity index (χ0v) is 11.1. The number of hydrogen-bond donors (Lipinski definition) is 3. The molecule has 0 radical (unpaired) electrons. The molecule has 0 bridgehead atoms. The fourth-order valence-electron chi connectivity index (χ4n) is 2.02. The number of nitrogen functional groups attached to an aromatic ring is 1. The number of aromatic nitrogens is 2. The Morgan fingerprint density at radius 3 is 2.84 bits per heavy atom. The highest BCUT2D eigenvalue weighted by Crippen LogP contribution is 2.15. The first-order valence-electron chi connectivity index (χ1n) is 6.27. The predicted octanol–water partition coefficient (Wildman–Crippen LogP) is 2.18. The third-order valence-electron chi connectivity index (χ3n) is 2.92. The number of amides is 1. The molecule has 5 nitrogen and oxygen atoms in total. The summed E-state index contributed by atoms with van der Waals surface area (Å²) in [5.41, 5.74) is 7.89. The summed E-state index contributed by atoms with van der Waals surface area (Å²) < 4.78 is 0. The molecule has 0 aliphatic rings. The first kappa shape index (κ1) is 13.1. The van der Waals surface area contributed by atoms with Crippen molar-refractivity contribution in [1.29, 1.82) is 0 Å². The van der Waals surface area contributed by atoms with Gasteiger partial charge in [0.1, 0.15) is 5.82 Å². The Morgan fingerprint density at radius 2 is 2.26 bits per heavy atom. The van der Waals surface area contributed by atoms with Gasteiger partial charge in [-0.25, -0.2) is 4.98 Å². The lowest BCUT2D eigenvalue weighted by Gasteiger charge is -2.15. The molecule has 2 aromatic rings. The lowest BCUT2D eigenvalue weighted by molar-refractivity contribution is 0.0934. The number of nitrogens with zero attached hydrogens (tertiary/aromatic N) is 1. The summed E-state index contributed by atoms with van der Waals surface area (Å²) in [6.45, 7) is 3.91. The molecular weight excluding hydrogens is 240 g/mol. The molecule has 0 spiro atoms. The Balaban J connectivity index is 2.15. The van der Waals surface area contributed by atoms with E-state index in [4.69, 9.17) is 5.73 Å². The van der Waals surface area contributed by atoms with Gasteiger partial charge in [0.2, 0.25) is 0 Å². The number of aryl methyl sites for hydroxylation is 1. The number of nitrogens with two attached hydrogens (primary N) is 1. The summed E-state index contributed by atoms with van der Waals surface area (Å²) in [4.78, 5) is 19.4. The Bertz CT molecular complexity index is 543. The van der Waals surface area contributed by atoms with Crippen LogP contribution in [0.15, 0.2) is 30.6 Å². The summed E-state index contributed by atoms with van der Waals surface area (Å²) in [6, 6.07) is 5.21. The molecule has 0 aliphatic heterocycles. The molecule has 1 unspecified atom stereocenters. The van der Waals surface area contributed by atoms with Crippen molar-refractivity contribution in [2.45, 2.75) is 26.3 Å². The van der Waals surface area contributed by atoms with Crippen LogP contribution in [0.1, 0.15) is 41.1 Å². The predicted molar refractivity (Wildman–Crippen MR) is 74.7 cm³/mol. The van der Waals surface area contributed by atoms with Gasteiger partial charge in [-0.05, 0) is 37.1 Å². The number of imidazole rings is 1. The third kappa shape index (κ3) is 3.13. The second kappa shape index (κ2) is 5.56. The van der Waals surface area contributed by atoms with Crippen molar-refractivity contribution in [3.05, 3.63) is 47.5 Å². The number of carbonyl (C=O) groups excluding carboxylic acids is 1. The zero-order chi connectivity index (χ0) is 13.8. The van der Waals surface area contributed by atoms with Crippen molar-refractivity contribution in [3.8, 4) is 0 Å². The minimum absolute atomic E-state index is 0.121. The molecule has 0 fully saturated rings. The van der Waals surface area contributed by atoms with Crippen molar-refractivity contribution in [3.63, 3.8) is 0 Å². The fourth-order valence-corrected chi connectivity index (χ4v) is 2.02. The number of anilines is 1. The molecule has 1 aromatic carbocycles. The fraction of sp³-hybridized carbons (Fsp3) is 0.286. The van der Waals surface area contributed by atoms with Crippen LogP contribution >= 0.6 is 0 Å². The standard InChI is InChI=1S/C14H18N4O/c1-3-12(13-16-4-5-17-13)18-14(19)10-6-9(2)7-11(15)8-10/h4-8,12H,3,15H2,1-2H3,(H,16,17)(H,18,19). The normalized spacial score (nSPS) is 12.1. The number of rotatable bonds is 4. The molecule has 1 aromatic heterocycles. The number of benzene rings is 1. The average molecular weight is 258 g/mol. The Kier molecular flexibility index (Phi) is 3.85. The van der Waals surface area contributed by atoms with Gasteiger partial charge in [0, 0.05) is 23.6 Å². The third-order valence-corrected chi connectivity index (χ3v) is 2.92. The van der Waals surface area contributed by atoms with Crippen molar-refractivity contribution in [2.24, 2.45) is 0 Å². The van der Waals surface area contributed by atoms with Crippen molar-refractivity contribution in [1.82, 2.24) is 15.3 Å². The van der Waals surface area contributed by atoms with Gasteiger partial charge in [-0.2, -0.15) is 0 Å². The van der Waals surface area contributed by atoms with Crippen molar-refractivity contribution < 1.29 is 4.79 Å². The van der Waals surface area contributed by atoms with E-state index in [9.17, 15) is 4.79 Å². The van der Waals surface area contributed by atoms with E-state index in [0.717, 1.165) is 17.8 Å². The first-order chi connectivity index (χ1) is 9.10. The van der Waals surface area contributed by atoms with Gasteiger partial charge in [-0.1, -0.05) is 6.92 Å². The lowest BCUT2D eigenvalue weighted by Crippen LogP contribution is -2.29. The summed E-state index contributed by atoms with van der Waals surface area (Å²) in [5, 5.41) is 2.95. The largest absolute Gasteiger partial charge is 0.399 e. The summed E-state index contributed by atoms with van der Waals surface area (Å²) >= 11 is 0. The molecular formula is C14H18N4O. The van der Waals surface area contributed by atoms with E-state index in [-0.39, 0.29) is 11.9 Å². The highest BCUT2D eigenvalue weighted by molar-refractivity contribution is 5.95. The van der Waals surface area contributed by atoms with Gasteiger partial charge >= 0.3 is 0 Å². The van der Waals surface area contributed by atoms with E-state index in [0.29, 0.717) is 11.3 Å². The second-order valence-electron chi connectivity index (χ2n) is 4.54. The van der Waals surface area contributed by atoms with Gasteiger partial charge in [0.05, 0.1) is 6.04 Å². The lowest BCUT2D eigenvalue weighted by atomic mass is 10.1. The molecule has 1 amide bonds. The topological polar surface area (TPSA) is 83.8 Å². The summed E-state index contributed by atoms with van der Waals surface area (Å²) in [5.74, 6) is 0.620. The maximum Gasteiger partial charge on any atom is 0.251 e. The van der Waals surface area contributed by atoms with Gasteiger partial charge < -0.3 is 16.0 Å². The van der Waals surface area contributed by atoms with E-state index < -0.39 is 0 Å². The molecule has 2 rings (SSSR count). The molecule has 0 saturated carbocycles. The van der Waals surface area contributed by atoms with Crippen LogP contribution in [-0.4, -0.2) is 15.9 Å². The minimum Gasteiger partial charge on any atom is -0.399 e.